The van der Waals surface area contributed by atoms with Crippen LogP contribution in [-0.4, -0.2) is 18.1 Å². The fourth-order valence-corrected chi connectivity index (χ4v) is 1.92. The molecule has 1 saturated heterocycles. The maximum absolute atomic E-state index is 4.61. The first-order valence-electron chi connectivity index (χ1n) is 6.54. The summed E-state index contributed by atoms with van der Waals surface area (Å²) in [4.78, 5) is 6.93. The van der Waals surface area contributed by atoms with E-state index in [0.717, 1.165) is 18.9 Å². The zero-order chi connectivity index (χ0) is 12.7. The Balaban J connectivity index is 2.22. The van der Waals surface area contributed by atoms with E-state index in [1.165, 1.54) is 12.0 Å². The predicted molar refractivity (Wildman–Crippen MR) is 73.5 cm³/mol. The highest BCUT2D eigenvalue weighted by Crippen LogP contribution is 2.40. The monoisotopic (exact) mass is 232 g/mol. The van der Waals surface area contributed by atoms with Crippen LogP contribution in [-0.2, 0) is 5.41 Å². The van der Waals surface area contributed by atoms with E-state index in [2.05, 4.69) is 62.8 Å². The average molecular weight is 232 g/mol. The van der Waals surface area contributed by atoms with Gasteiger partial charge in [0.25, 0.3) is 0 Å². The SMILES string of the molecule is CC(C)(C)C(C)(C)c1ccc(N2CCC2)nc1. The highest BCUT2D eigenvalue weighted by Gasteiger charge is 2.34. The van der Waals surface area contributed by atoms with Gasteiger partial charge in [-0.15, -0.1) is 0 Å². The molecule has 1 aromatic heterocycles. The zero-order valence-electron chi connectivity index (χ0n) is 11.7. The van der Waals surface area contributed by atoms with Gasteiger partial charge in [0.05, 0.1) is 0 Å². The van der Waals surface area contributed by atoms with Crippen LogP contribution in [0.3, 0.4) is 0 Å². The molecular formula is C15H24N2. The van der Waals surface area contributed by atoms with Crippen molar-refractivity contribution >= 4 is 5.82 Å². The van der Waals surface area contributed by atoms with Gasteiger partial charge in [-0.2, -0.15) is 0 Å². The van der Waals surface area contributed by atoms with E-state index >= 15 is 0 Å². The second kappa shape index (κ2) is 4.01. The number of hydrogen-bond acceptors (Lipinski definition) is 2. The van der Waals surface area contributed by atoms with Crippen LogP contribution in [0.2, 0.25) is 0 Å². The molecule has 1 fully saturated rings. The Hall–Kier alpha value is -1.05. The Bertz CT molecular complexity index is 380. The van der Waals surface area contributed by atoms with Crippen LogP contribution in [0.5, 0.6) is 0 Å². The van der Waals surface area contributed by atoms with Crippen molar-refractivity contribution < 1.29 is 0 Å². The van der Waals surface area contributed by atoms with Crippen LogP contribution in [0.1, 0.15) is 46.6 Å². The molecule has 0 spiro atoms. The van der Waals surface area contributed by atoms with E-state index in [1.54, 1.807) is 0 Å². The first kappa shape index (κ1) is 12.4. The summed E-state index contributed by atoms with van der Waals surface area (Å²) in [5, 5.41) is 0. The van der Waals surface area contributed by atoms with Crippen LogP contribution < -0.4 is 4.90 Å². The molecule has 0 atom stereocenters. The fourth-order valence-electron chi connectivity index (χ4n) is 1.92. The minimum atomic E-state index is 0.146. The fraction of sp³-hybridized carbons (Fsp3) is 0.667. The number of pyridine rings is 1. The molecule has 0 saturated carbocycles. The lowest BCUT2D eigenvalue weighted by Crippen LogP contribution is -2.38. The molecule has 2 heteroatoms. The van der Waals surface area contributed by atoms with Crippen molar-refractivity contribution in [3.8, 4) is 0 Å². The van der Waals surface area contributed by atoms with E-state index in [1.807, 2.05) is 0 Å². The predicted octanol–water partition coefficient (Wildman–Crippen LogP) is 3.62. The molecule has 0 N–H and O–H groups in total. The van der Waals surface area contributed by atoms with Crippen molar-refractivity contribution in [2.45, 2.75) is 46.5 Å². The van der Waals surface area contributed by atoms with Crippen LogP contribution in [0.4, 0.5) is 5.82 Å². The van der Waals surface area contributed by atoms with Gasteiger partial charge in [-0.3, -0.25) is 0 Å². The Morgan fingerprint density at radius 1 is 1.06 bits per heavy atom. The molecular weight excluding hydrogens is 208 g/mol. The molecule has 2 rings (SSSR count). The Labute approximate surface area is 105 Å². The molecule has 17 heavy (non-hydrogen) atoms. The van der Waals surface area contributed by atoms with E-state index in [4.69, 9.17) is 0 Å². The number of anilines is 1. The summed E-state index contributed by atoms with van der Waals surface area (Å²) in [7, 11) is 0. The lowest BCUT2D eigenvalue weighted by Gasteiger charge is -2.39. The van der Waals surface area contributed by atoms with Gasteiger partial charge < -0.3 is 4.90 Å². The lowest BCUT2D eigenvalue weighted by molar-refractivity contribution is 0.225. The van der Waals surface area contributed by atoms with E-state index < -0.39 is 0 Å². The van der Waals surface area contributed by atoms with E-state index in [9.17, 15) is 0 Å². The minimum Gasteiger partial charge on any atom is -0.356 e. The second-order valence-corrected chi connectivity index (χ2v) is 6.62. The van der Waals surface area contributed by atoms with Gasteiger partial charge in [-0.25, -0.2) is 4.98 Å². The number of rotatable bonds is 2. The van der Waals surface area contributed by atoms with Crippen molar-refractivity contribution in [1.82, 2.24) is 4.98 Å². The van der Waals surface area contributed by atoms with Crippen molar-refractivity contribution in [3.05, 3.63) is 23.9 Å². The number of hydrogen-bond donors (Lipinski definition) is 0. The second-order valence-electron chi connectivity index (χ2n) is 6.62. The highest BCUT2D eigenvalue weighted by atomic mass is 15.2. The Morgan fingerprint density at radius 2 is 1.71 bits per heavy atom. The minimum absolute atomic E-state index is 0.146. The highest BCUT2D eigenvalue weighted by molar-refractivity contribution is 5.42. The summed E-state index contributed by atoms with van der Waals surface area (Å²) in [6, 6.07) is 4.41. The molecule has 0 bridgehead atoms. The van der Waals surface area contributed by atoms with Crippen molar-refractivity contribution in [2.75, 3.05) is 18.0 Å². The van der Waals surface area contributed by atoms with E-state index in [-0.39, 0.29) is 10.8 Å². The zero-order valence-corrected chi connectivity index (χ0v) is 11.7. The van der Waals surface area contributed by atoms with Crippen LogP contribution >= 0.6 is 0 Å². The normalized spacial score (nSPS) is 16.9. The van der Waals surface area contributed by atoms with Crippen molar-refractivity contribution in [1.29, 1.82) is 0 Å². The van der Waals surface area contributed by atoms with Crippen LogP contribution in [0.15, 0.2) is 18.3 Å². The molecule has 1 aliphatic heterocycles. The maximum atomic E-state index is 4.61. The summed E-state index contributed by atoms with van der Waals surface area (Å²) in [6.07, 6.45) is 3.36. The van der Waals surface area contributed by atoms with Gasteiger partial charge in [0.1, 0.15) is 5.82 Å². The molecule has 1 aromatic rings. The van der Waals surface area contributed by atoms with Gasteiger partial charge >= 0.3 is 0 Å². The van der Waals surface area contributed by atoms with Gasteiger partial charge in [-0.1, -0.05) is 40.7 Å². The average Bonchev–Trinajstić information content (AvgIpc) is 2.14. The largest absolute Gasteiger partial charge is 0.356 e. The van der Waals surface area contributed by atoms with Crippen LogP contribution in [0.25, 0.3) is 0 Å². The maximum Gasteiger partial charge on any atom is 0.128 e. The van der Waals surface area contributed by atoms with Gasteiger partial charge in [-0.05, 0) is 28.9 Å². The molecule has 0 amide bonds. The van der Waals surface area contributed by atoms with Gasteiger partial charge in [0, 0.05) is 19.3 Å². The molecule has 1 aliphatic rings. The standard InChI is InChI=1S/C15H24N2/c1-14(2,3)15(4,5)12-7-8-13(16-11-12)17-9-6-10-17/h7-8,11H,6,9-10H2,1-5H3. The summed E-state index contributed by atoms with van der Waals surface area (Å²) >= 11 is 0. The third-order valence-electron chi connectivity index (χ3n) is 4.52. The summed E-state index contributed by atoms with van der Waals surface area (Å²) in [5.41, 5.74) is 1.72. The molecule has 0 unspecified atom stereocenters. The summed E-state index contributed by atoms with van der Waals surface area (Å²) in [6.45, 7) is 13.8. The molecule has 2 nitrogen and oxygen atoms in total. The van der Waals surface area contributed by atoms with Crippen molar-refractivity contribution in [2.24, 2.45) is 5.41 Å². The molecule has 2 heterocycles. The molecule has 94 valence electrons. The Morgan fingerprint density at radius 3 is 2.06 bits per heavy atom. The molecule has 0 aromatic carbocycles. The summed E-state index contributed by atoms with van der Waals surface area (Å²) in [5.74, 6) is 1.13. The topological polar surface area (TPSA) is 16.1 Å². The van der Waals surface area contributed by atoms with E-state index in [0.29, 0.717) is 0 Å². The summed E-state index contributed by atoms with van der Waals surface area (Å²) < 4.78 is 0. The number of nitrogens with zero attached hydrogens (tertiary/aromatic N) is 2. The first-order valence-corrected chi connectivity index (χ1v) is 6.54. The van der Waals surface area contributed by atoms with Crippen LogP contribution in [0, 0.1) is 5.41 Å². The van der Waals surface area contributed by atoms with Gasteiger partial charge in [0.15, 0.2) is 0 Å². The smallest absolute Gasteiger partial charge is 0.128 e. The lowest BCUT2D eigenvalue weighted by atomic mass is 9.66. The first-order chi connectivity index (χ1) is 7.82. The Kier molecular flexibility index (Phi) is 2.92. The third kappa shape index (κ3) is 2.18. The molecule has 0 aliphatic carbocycles. The number of aromatic nitrogens is 1. The third-order valence-corrected chi connectivity index (χ3v) is 4.52. The van der Waals surface area contributed by atoms with Crippen molar-refractivity contribution in [3.63, 3.8) is 0 Å². The quantitative estimate of drug-likeness (QED) is 0.774. The molecule has 0 radical (unpaired) electrons. The van der Waals surface area contributed by atoms with Gasteiger partial charge in [0.2, 0.25) is 0 Å².